The number of hydrogen-bond donors (Lipinski definition) is 1. The number of primary sulfonamides is 1. The first kappa shape index (κ1) is 20.4. The molecule has 2 N–H and O–H groups in total. The summed E-state index contributed by atoms with van der Waals surface area (Å²) in [6.45, 7) is 5.66. The average molecular weight is 486 g/mol. The van der Waals surface area contributed by atoms with E-state index in [-0.39, 0.29) is 11.3 Å². The number of allylic oxidation sites excluding steroid dienone is 4. The van der Waals surface area contributed by atoms with E-state index < -0.39 is 32.6 Å². The van der Waals surface area contributed by atoms with Crippen molar-refractivity contribution in [2.45, 2.75) is 38.8 Å². The zero-order valence-electron chi connectivity index (χ0n) is 13.9. The maximum atomic E-state index is 12.9. The van der Waals surface area contributed by atoms with Gasteiger partial charge < -0.3 is 0 Å². The molecule has 1 heterocycles. The van der Waals surface area contributed by atoms with Gasteiger partial charge in [0.2, 0.25) is 10.0 Å². The first-order chi connectivity index (χ1) is 11.2. The molecule has 1 atom stereocenters. The molecule has 25 heavy (non-hydrogen) atoms. The van der Waals surface area contributed by atoms with Crippen LogP contribution >= 0.6 is 22.6 Å². The van der Waals surface area contributed by atoms with E-state index in [2.05, 4.69) is 4.98 Å². The summed E-state index contributed by atoms with van der Waals surface area (Å²) < 4.78 is 62.7. The third-order valence-electron chi connectivity index (χ3n) is 4.41. The maximum absolute atomic E-state index is 12.9. The highest BCUT2D eigenvalue weighted by Crippen LogP contribution is 2.50. The van der Waals surface area contributed by atoms with Crippen LogP contribution in [0.25, 0.3) is 0 Å². The van der Waals surface area contributed by atoms with Crippen molar-refractivity contribution in [1.82, 2.24) is 4.98 Å². The van der Waals surface area contributed by atoms with Gasteiger partial charge >= 0.3 is 6.18 Å². The number of aromatic nitrogens is 1. The summed E-state index contributed by atoms with van der Waals surface area (Å²) in [7, 11) is -3.91. The quantitative estimate of drug-likeness (QED) is 0.640. The Kier molecular flexibility index (Phi) is 5.17. The molecule has 0 aliphatic heterocycles. The normalized spacial score (nSPS) is 22.0. The Bertz CT molecular complexity index is 855. The predicted molar refractivity (Wildman–Crippen MR) is 98.0 cm³/mol. The topological polar surface area (TPSA) is 73.0 Å². The SMILES string of the molecule is CC(C)(C)C1(c2ncc(C(F)(F)F)cc2I)C=CC=C(S(N)(=O)=O)C1. The maximum Gasteiger partial charge on any atom is 0.417 e. The second-order valence-electron chi connectivity index (χ2n) is 6.99. The number of halogens is 4. The van der Waals surface area contributed by atoms with Crippen molar-refractivity contribution in [3.8, 4) is 0 Å². The van der Waals surface area contributed by atoms with E-state index in [4.69, 9.17) is 5.14 Å². The Morgan fingerprint density at radius 3 is 2.32 bits per heavy atom. The summed E-state index contributed by atoms with van der Waals surface area (Å²) in [5.41, 5.74) is -1.85. The number of sulfonamides is 1. The molecule has 2 rings (SSSR count). The molecule has 9 heteroatoms. The van der Waals surface area contributed by atoms with Crippen molar-refractivity contribution < 1.29 is 21.6 Å². The lowest BCUT2D eigenvalue weighted by atomic mass is 9.61. The Morgan fingerprint density at radius 1 is 1.28 bits per heavy atom. The molecular formula is C16H18F3IN2O2S. The van der Waals surface area contributed by atoms with Crippen molar-refractivity contribution in [2.75, 3.05) is 0 Å². The fourth-order valence-electron chi connectivity index (χ4n) is 2.86. The second kappa shape index (κ2) is 6.34. The van der Waals surface area contributed by atoms with Gasteiger partial charge in [-0.2, -0.15) is 13.2 Å². The molecule has 1 aliphatic carbocycles. The van der Waals surface area contributed by atoms with E-state index in [0.29, 0.717) is 9.26 Å². The standard InChI is InChI=1S/C16H18F3IN2O2S/c1-14(2,3)15(6-4-5-11(8-15)25(21,23)24)13-12(20)7-10(9-22-13)16(17,18)19/h4-7,9H,8H2,1-3H3,(H2,21,23,24). The molecule has 0 saturated heterocycles. The first-order valence-corrected chi connectivity index (χ1v) is 9.95. The molecule has 0 amide bonds. The fraction of sp³-hybridized carbons (Fsp3) is 0.438. The highest BCUT2D eigenvalue weighted by atomic mass is 127. The Labute approximate surface area is 158 Å². The van der Waals surface area contributed by atoms with Crippen LogP contribution in [-0.2, 0) is 21.6 Å². The summed E-state index contributed by atoms with van der Waals surface area (Å²) >= 11 is 1.81. The number of alkyl halides is 3. The van der Waals surface area contributed by atoms with Gasteiger partial charge in [-0.25, -0.2) is 13.6 Å². The fourth-order valence-corrected chi connectivity index (χ4v) is 4.52. The zero-order valence-corrected chi connectivity index (χ0v) is 16.8. The smallest absolute Gasteiger partial charge is 0.259 e. The van der Waals surface area contributed by atoms with Crippen molar-refractivity contribution in [3.05, 3.63) is 50.2 Å². The monoisotopic (exact) mass is 486 g/mol. The molecule has 138 valence electrons. The van der Waals surface area contributed by atoms with Gasteiger partial charge in [0.25, 0.3) is 0 Å². The lowest BCUT2D eigenvalue weighted by Gasteiger charge is -2.44. The van der Waals surface area contributed by atoms with E-state index in [9.17, 15) is 21.6 Å². The summed E-state index contributed by atoms with van der Waals surface area (Å²) in [4.78, 5) is 4.11. The highest BCUT2D eigenvalue weighted by Gasteiger charge is 2.47. The van der Waals surface area contributed by atoms with Gasteiger partial charge in [0.05, 0.1) is 16.2 Å². The molecule has 0 bridgehead atoms. The number of rotatable bonds is 2. The predicted octanol–water partition coefficient (Wildman–Crippen LogP) is 4.12. The van der Waals surface area contributed by atoms with E-state index in [1.165, 1.54) is 6.08 Å². The lowest BCUT2D eigenvalue weighted by Crippen LogP contribution is -2.42. The number of nitrogens with zero attached hydrogens (tertiary/aromatic N) is 1. The zero-order chi connectivity index (χ0) is 19.3. The van der Waals surface area contributed by atoms with Crippen LogP contribution in [-0.4, -0.2) is 13.4 Å². The summed E-state index contributed by atoms with van der Waals surface area (Å²) in [6.07, 6.45) is 1.11. The molecule has 1 unspecified atom stereocenters. The minimum Gasteiger partial charge on any atom is -0.259 e. The van der Waals surface area contributed by atoms with Crippen molar-refractivity contribution in [3.63, 3.8) is 0 Å². The minimum absolute atomic E-state index is 0.0300. The number of nitrogens with two attached hydrogens (primary N) is 1. The van der Waals surface area contributed by atoms with E-state index in [1.807, 2.05) is 43.4 Å². The third kappa shape index (κ3) is 3.92. The van der Waals surface area contributed by atoms with Crippen molar-refractivity contribution in [1.29, 1.82) is 0 Å². The molecular weight excluding hydrogens is 468 g/mol. The molecule has 0 aromatic carbocycles. The van der Waals surface area contributed by atoms with Gasteiger partial charge in [0.15, 0.2) is 0 Å². The average Bonchev–Trinajstić information content (AvgIpc) is 2.44. The van der Waals surface area contributed by atoms with Crippen LogP contribution in [0.15, 0.2) is 35.4 Å². The van der Waals surface area contributed by atoms with Crippen LogP contribution in [0, 0.1) is 8.99 Å². The van der Waals surface area contributed by atoms with E-state index in [0.717, 1.165) is 12.3 Å². The van der Waals surface area contributed by atoms with Crippen LogP contribution in [0.5, 0.6) is 0 Å². The molecule has 0 fully saturated rings. The minimum atomic E-state index is -4.49. The van der Waals surface area contributed by atoms with Crippen LogP contribution in [0.1, 0.15) is 38.4 Å². The Balaban J connectivity index is 2.66. The first-order valence-electron chi connectivity index (χ1n) is 7.33. The van der Waals surface area contributed by atoms with Crippen LogP contribution in [0.4, 0.5) is 13.2 Å². The highest BCUT2D eigenvalue weighted by molar-refractivity contribution is 14.1. The van der Waals surface area contributed by atoms with Gasteiger partial charge in [-0.05, 0) is 46.6 Å². The molecule has 1 aromatic heterocycles. The Hall–Kier alpha value is -0.940. The molecule has 1 aromatic rings. The molecule has 0 spiro atoms. The van der Waals surface area contributed by atoms with Crippen LogP contribution in [0.3, 0.4) is 0 Å². The van der Waals surface area contributed by atoms with Crippen LogP contribution in [0.2, 0.25) is 0 Å². The summed E-state index contributed by atoms with van der Waals surface area (Å²) in [5.74, 6) is 0. The Morgan fingerprint density at radius 2 is 1.88 bits per heavy atom. The molecule has 1 aliphatic rings. The molecule has 0 saturated carbocycles. The van der Waals surface area contributed by atoms with Gasteiger partial charge in [-0.1, -0.05) is 32.9 Å². The van der Waals surface area contributed by atoms with Crippen molar-refractivity contribution in [2.24, 2.45) is 10.6 Å². The van der Waals surface area contributed by atoms with E-state index in [1.54, 1.807) is 12.2 Å². The second-order valence-corrected chi connectivity index (χ2v) is 9.76. The van der Waals surface area contributed by atoms with Gasteiger partial charge in [0.1, 0.15) is 0 Å². The third-order valence-corrected chi connectivity index (χ3v) is 6.24. The lowest BCUT2D eigenvalue weighted by molar-refractivity contribution is -0.137. The van der Waals surface area contributed by atoms with Crippen LogP contribution < -0.4 is 5.14 Å². The molecule has 0 radical (unpaired) electrons. The van der Waals surface area contributed by atoms with Gasteiger partial charge in [-0.15, -0.1) is 0 Å². The summed E-state index contributed by atoms with van der Waals surface area (Å²) in [5, 5.41) is 5.27. The summed E-state index contributed by atoms with van der Waals surface area (Å²) in [6, 6.07) is 1.03. The largest absolute Gasteiger partial charge is 0.417 e. The number of hydrogen-bond acceptors (Lipinski definition) is 3. The molecule has 4 nitrogen and oxygen atoms in total. The van der Waals surface area contributed by atoms with Crippen molar-refractivity contribution >= 4 is 32.6 Å². The van der Waals surface area contributed by atoms with Gasteiger partial charge in [0, 0.05) is 15.2 Å². The van der Waals surface area contributed by atoms with E-state index >= 15 is 0 Å². The van der Waals surface area contributed by atoms with Gasteiger partial charge in [-0.3, -0.25) is 4.98 Å². The number of pyridine rings is 1.